The summed E-state index contributed by atoms with van der Waals surface area (Å²) in [5.74, 6) is -0.633. The van der Waals surface area contributed by atoms with Crippen molar-refractivity contribution >= 4 is 17.5 Å². The van der Waals surface area contributed by atoms with Gasteiger partial charge >= 0.3 is 0 Å². The molecule has 0 aliphatic carbocycles. The summed E-state index contributed by atoms with van der Waals surface area (Å²) in [6.45, 7) is 2.10. The standard InChI is InChI=1S/C17H21ClFN5O2/c18-14-2-1-3-15(19)13(14)10-23-7-4-12(5-8-23)24-11-16(21-22-24)17(26)20-6-9-25/h1-3,11-12,25H,4-10H2,(H,20,26). The summed E-state index contributed by atoms with van der Waals surface area (Å²) < 4.78 is 15.6. The quantitative estimate of drug-likeness (QED) is 0.794. The summed E-state index contributed by atoms with van der Waals surface area (Å²) in [6.07, 6.45) is 3.28. The number of hydrogen-bond acceptors (Lipinski definition) is 5. The molecule has 1 saturated heterocycles. The van der Waals surface area contributed by atoms with Crippen LogP contribution in [0.25, 0.3) is 0 Å². The van der Waals surface area contributed by atoms with Crippen molar-refractivity contribution in [2.75, 3.05) is 26.2 Å². The van der Waals surface area contributed by atoms with E-state index in [4.69, 9.17) is 16.7 Å². The van der Waals surface area contributed by atoms with Crippen LogP contribution in [0.15, 0.2) is 24.4 Å². The average Bonchev–Trinajstić information content (AvgIpc) is 3.14. The van der Waals surface area contributed by atoms with Gasteiger partial charge < -0.3 is 10.4 Å². The molecule has 140 valence electrons. The predicted molar refractivity (Wildman–Crippen MR) is 94.4 cm³/mol. The van der Waals surface area contributed by atoms with Crippen LogP contribution in [0.2, 0.25) is 5.02 Å². The summed E-state index contributed by atoms with van der Waals surface area (Å²) in [4.78, 5) is 14.0. The van der Waals surface area contributed by atoms with Gasteiger partial charge in [-0.15, -0.1) is 5.10 Å². The van der Waals surface area contributed by atoms with E-state index in [0.29, 0.717) is 17.1 Å². The second-order valence-electron chi connectivity index (χ2n) is 6.27. The van der Waals surface area contributed by atoms with Crippen LogP contribution in [0.4, 0.5) is 4.39 Å². The molecule has 1 aromatic carbocycles. The zero-order valence-electron chi connectivity index (χ0n) is 14.2. The predicted octanol–water partition coefficient (Wildman–Crippen LogP) is 1.63. The fourth-order valence-electron chi connectivity index (χ4n) is 3.07. The number of nitrogens with one attached hydrogen (secondary N) is 1. The normalized spacial score (nSPS) is 16.0. The molecule has 0 radical (unpaired) electrons. The van der Waals surface area contributed by atoms with E-state index in [1.807, 2.05) is 0 Å². The first-order valence-corrected chi connectivity index (χ1v) is 8.92. The number of likely N-dealkylation sites (tertiary alicyclic amines) is 1. The molecule has 2 aromatic rings. The molecular formula is C17H21ClFN5O2. The third kappa shape index (κ3) is 4.38. The van der Waals surface area contributed by atoms with E-state index in [-0.39, 0.29) is 36.6 Å². The second kappa shape index (κ2) is 8.57. The highest BCUT2D eigenvalue weighted by molar-refractivity contribution is 6.31. The van der Waals surface area contributed by atoms with Gasteiger partial charge in [0.2, 0.25) is 0 Å². The first-order chi connectivity index (χ1) is 12.6. The fraction of sp³-hybridized carbons (Fsp3) is 0.471. The van der Waals surface area contributed by atoms with Crippen LogP contribution in [-0.2, 0) is 6.54 Å². The molecular weight excluding hydrogens is 361 g/mol. The Morgan fingerprint density at radius 2 is 2.15 bits per heavy atom. The lowest BCUT2D eigenvalue weighted by Crippen LogP contribution is -2.34. The van der Waals surface area contributed by atoms with Gasteiger partial charge in [0, 0.05) is 36.8 Å². The number of aliphatic hydroxyl groups is 1. The first-order valence-electron chi connectivity index (χ1n) is 8.54. The number of aromatic nitrogens is 3. The van der Waals surface area contributed by atoms with E-state index in [1.54, 1.807) is 23.0 Å². The van der Waals surface area contributed by atoms with E-state index in [9.17, 15) is 9.18 Å². The Kier molecular flexibility index (Phi) is 6.18. The summed E-state index contributed by atoms with van der Waals surface area (Å²) in [7, 11) is 0. The number of rotatable bonds is 6. The number of piperidine rings is 1. The van der Waals surface area contributed by atoms with E-state index in [2.05, 4.69) is 20.5 Å². The van der Waals surface area contributed by atoms with Gasteiger partial charge in [-0.3, -0.25) is 9.69 Å². The lowest BCUT2D eigenvalue weighted by Gasteiger charge is -2.32. The molecule has 1 aliphatic heterocycles. The Hall–Kier alpha value is -2.03. The smallest absolute Gasteiger partial charge is 0.273 e. The van der Waals surface area contributed by atoms with Crippen molar-refractivity contribution in [1.82, 2.24) is 25.2 Å². The third-order valence-corrected chi connectivity index (χ3v) is 4.87. The van der Waals surface area contributed by atoms with Crippen molar-refractivity contribution < 1.29 is 14.3 Å². The molecule has 0 saturated carbocycles. The highest BCUT2D eigenvalue weighted by Gasteiger charge is 2.23. The number of hydrogen-bond donors (Lipinski definition) is 2. The molecule has 3 rings (SSSR count). The first kappa shape index (κ1) is 18.8. The van der Waals surface area contributed by atoms with Crippen molar-refractivity contribution in [1.29, 1.82) is 0 Å². The number of carbonyl (C=O) groups excluding carboxylic acids is 1. The Morgan fingerprint density at radius 1 is 1.38 bits per heavy atom. The van der Waals surface area contributed by atoms with Crippen LogP contribution in [-0.4, -0.2) is 57.1 Å². The largest absolute Gasteiger partial charge is 0.395 e. The van der Waals surface area contributed by atoms with Crippen LogP contribution in [0.5, 0.6) is 0 Å². The number of nitrogens with zero attached hydrogens (tertiary/aromatic N) is 4. The van der Waals surface area contributed by atoms with Crippen LogP contribution in [0, 0.1) is 5.82 Å². The van der Waals surface area contributed by atoms with Gasteiger partial charge in [-0.1, -0.05) is 22.9 Å². The molecule has 7 nitrogen and oxygen atoms in total. The van der Waals surface area contributed by atoms with Gasteiger partial charge in [0.25, 0.3) is 5.91 Å². The second-order valence-corrected chi connectivity index (χ2v) is 6.68. The van der Waals surface area contributed by atoms with Crippen molar-refractivity contribution in [2.24, 2.45) is 0 Å². The Balaban J connectivity index is 1.55. The maximum Gasteiger partial charge on any atom is 0.273 e. The molecule has 1 amide bonds. The topological polar surface area (TPSA) is 83.3 Å². The molecule has 1 aromatic heterocycles. The van der Waals surface area contributed by atoms with Crippen LogP contribution < -0.4 is 5.32 Å². The van der Waals surface area contributed by atoms with Gasteiger partial charge in [-0.25, -0.2) is 9.07 Å². The maximum atomic E-state index is 13.9. The maximum absolute atomic E-state index is 13.9. The van der Waals surface area contributed by atoms with Gasteiger partial charge in [-0.2, -0.15) is 0 Å². The molecule has 1 fully saturated rings. The number of carbonyl (C=O) groups is 1. The minimum atomic E-state index is -0.350. The zero-order chi connectivity index (χ0) is 18.5. The summed E-state index contributed by atoms with van der Waals surface area (Å²) >= 11 is 6.10. The zero-order valence-corrected chi connectivity index (χ0v) is 15.0. The molecule has 1 aliphatic rings. The molecule has 0 spiro atoms. The number of aliphatic hydroxyl groups excluding tert-OH is 1. The minimum absolute atomic E-state index is 0.121. The van der Waals surface area contributed by atoms with E-state index >= 15 is 0 Å². The average molecular weight is 382 g/mol. The molecule has 9 heteroatoms. The number of benzene rings is 1. The molecule has 0 atom stereocenters. The van der Waals surface area contributed by atoms with Crippen LogP contribution >= 0.6 is 11.6 Å². The summed E-state index contributed by atoms with van der Waals surface area (Å²) in [5.41, 5.74) is 0.759. The monoisotopic (exact) mass is 381 g/mol. The molecule has 26 heavy (non-hydrogen) atoms. The molecule has 0 bridgehead atoms. The van der Waals surface area contributed by atoms with Crippen molar-refractivity contribution in [2.45, 2.75) is 25.4 Å². The van der Waals surface area contributed by atoms with Gasteiger partial charge in [0.1, 0.15) is 5.82 Å². The summed E-state index contributed by atoms with van der Waals surface area (Å²) in [5, 5.41) is 19.7. The van der Waals surface area contributed by atoms with E-state index in [0.717, 1.165) is 25.9 Å². The lowest BCUT2D eigenvalue weighted by molar-refractivity contribution is 0.0939. The highest BCUT2D eigenvalue weighted by atomic mass is 35.5. The molecule has 0 unspecified atom stereocenters. The summed E-state index contributed by atoms with van der Waals surface area (Å²) in [6, 6.07) is 4.87. The van der Waals surface area contributed by atoms with E-state index < -0.39 is 0 Å². The number of halogens is 2. The molecule has 2 N–H and O–H groups in total. The van der Waals surface area contributed by atoms with Crippen molar-refractivity contribution in [3.05, 3.63) is 46.5 Å². The van der Waals surface area contributed by atoms with Gasteiger partial charge in [-0.05, 0) is 25.0 Å². The molecule has 2 heterocycles. The minimum Gasteiger partial charge on any atom is -0.395 e. The third-order valence-electron chi connectivity index (χ3n) is 4.51. The fourth-order valence-corrected chi connectivity index (χ4v) is 3.29. The Labute approximate surface area is 155 Å². The lowest BCUT2D eigenvalue weighted by atomic mass is 10.0. The van der Waals surface area contributed by atoms with Gasteiger partial charge in [0.05, 0.1) is 18.8 Å². The Bertz CT molecular complexity index is 741. The van der Waals surface area contributed by atoms with Crippen LogP contribution in [0.3, 0.4) is 0 Å². The highest BCUT2D eigenvalue weighted by Crippen LogP contribution is 2.26. The SMILES string of the molecule is O=C(NCCO)c1cn(C2CCN(Cc3c(F)cccc3Cl)CC2)nn1. The van der Waals surface area contributed by atoms with Crippen LogP contribution in [0.1, 0.15) is 34.9 Å². The van der Waals surface area contributed by atoms with Crippen molar-refractivity contribution in [3.8, 4) is 0 Å². The van der Waals surface area contributed by atoms with Gasteiger partial charge in [0.15, 0.2) is 5.69 Å². The number of amides is 1. The van der Waals surface area contributed by atoms with E-state index in [1.165, 1.54) is 6.07 Å². The Morgan fingerprint density at radius 3 is 2.85 bits per heavy atom. The van der Waals surface area contributed by atoms with Crippen molar-refractivity contribution in [3.63, 3.8) is 0 Å².